The Labute approximate surface area is 82.4 Å². The van der Waals surface area contributed by atoms with Crippen LogP contribution >= 0.6 is 12.6 Å². The fraction of sp³-hybridized carbons (Fsp3) is 0.375. The van der Waals surface area contributed by atoms with E-state index in [2.05, 4.69) is 27.7 Å². The van der Waals surface area contributed by atoms with E-state index in [1.165, 1.54) is 0 Å². The average Bonchev–Trinajstić information content (AvgIpc) is 2.48. The van der Waals surface area contributed by atoms with Crippen molar-refractivity contribution in [1.82, 2.24) is 19.6 Å². The lowest BCUT2D eigenvalue weighted by atomic mass is 10.7. The molecule has 0 saturated heterocycles. The maximum Gasteiger partial charge on any atom is 0.252 e. The standard InChI is InChI=1S/C6H6N4S.C2H6/c1-4-8-6-7-2-5(11)3-10(6)9-4;1-2/h2-3,11H,1H3;1-2H3. The van der Waals surface area contributed by atoms with Gasteiger partial charge in [0.25, 0.3) is 5.78 Å². The fourth-order valence-corrected chi connectivity index (χ4v) is 1.04. The van der Waals surface area contributed by atoms with Gasteiger partial charge in [-0.3, -0.25) is 0 Å². The van der Waals surface area contributed by atoms with Crippen molar-refractivity contribution in [1.29, 1.82) is 0 Å². The lowest BCUT2D eigenvalue weighted by Crippen LogP contribution is -1.89. The van der Waals surface area contributed by atoms with Crippen LogP contribution in [0.25, 0.3) is 5.78 Å². The molecule has 0 unspecified atom stereocenters. The van der Waals surface area contributed by atoms with Crippen LogP contribution in [0.5, 0.6) is 0 Å². The Morgan fingerprint density at radius 2 is 2.08 bits per heavy atom. The van der Waals surface area contributed by atoms with E-state index in [4.69, 9.17) is 0 Å². The third-order valence-electron chi connectivity index (χ3n) is 1.29. The van der Waals surface area contributed by atoms with Gasteiger partial charge in [-0.05, 0) is 6.92 Å². The molecule has 0 bridgehead atoms. The van der Waals surface area contributed by atoms with Gasteiger partial charge in [0.1, 0.15) is 5.82 Å². The van der Waals surface area contributed by atoms with E-state index in [0.717, 1.165) is 10.7 Å². The summed E-state index contributed by atoms with van der Waals surface area (Å²) in [5, 5.41) is 4.07. The van der Waals surface area contributed by atoms with Crippen LogP contribution in [0, 0.1) is 6.92 Å². The van der Waals surface area contributed by atoms with E-state index in [1.54, 1.807) is 16.9 Å². The molecule has 4 nitrogen and oxygen atoms in total. The largest absolute Gasteiger partial charge is 0.252 e. The van der Waals surface area contributed by atoms with Gasteiger partial charge in [0.05, 0.1) is 0 Å². The Morgan fingerprint density at radius 3 is 2.77 bits per heavy atom. The summed E-state index contributed by atoms with van der Waals surface area (Å²) in [4.78, 5) is 8.86. The lowest BCUT2D eigenvalue weighted by Gasteiger charge is -1.89. The van der Waals surface area contributed by atoms with E-state index in [0.29, 0.717) is 5.78 Å². The minimum Gasteiger partial charge on any atom is -0.218 e. The van der Waals surface area contributed by atoms with Crippen molar-refractivity contribution in [3.8, 4) is 0 Å². The molecule has 13 heavy (non-hydrogen) atoms. The second-order valence-electron chi connectivity index (χ2n) is 2.22. The van der Waals surface area contributed by atoms with Crippen molar-refractivity contribution < 1.29 is 0 Å². The number of aromatic nitrogens is 4. The Bertz CT molecular complexity index is 396. The monoisotopic (exact) mass is 196 g/mol. The molecule has 0 aromatic carbocycles. The van der Waals surface area contributed by atoms with Crippen LogP contribution < -0.4 is 0 Å². The molecule has 0 spiro atoms. The summed E-state index contributed by atoms with van der Waals surface area (Å²) >= 11 is 4.12. The van der Waals surface area contributed by atoms with Gasteiger partial charge in [-0.2, -0.15) is 10.1 Å². The first-order chi connectivity index (χ1) is 6.25. The summed E-state index contributed by atoms with van der Waals surface area (Å²) in [6.45, 7) is 5.83. The highest BCUT2D eigenvalue weighted by Crippen LogP contribution is 2.03. The Kier molecular flexibility index (Phi) is 3.25. The molecule has 2 heterocycles. The number of thiol groups is 1. The summed E-state index contributed by atoms with van der Waals surface area (Å²) in [6, 6.07) is 0. The van der Waals surface area contributed by atoms with Gasteiger partial charge >= 0.3 is 0 Å². The van der Waals surface area contributed by atoms with E-state index in [1.807, 2.05) is 20.8 Å². The third kappa shape index (κ3) is 2.18. The molecule has 0 aliphatic rings. The van der Waals surface area contributed by atoms with Crippen LogP contribution in [0.4, 0.5) is 0 Å². The zero-order chi connectivity index (χ0) is 9.84. The Morgan fingerprint density at radius 1 is 1.38 bits per heavy atom. The van der Waals surface area contributed by atoms with Crippen LogP contribution in [0.1, 0.15) is 19.7 Å². The molecule has 2 aromatic rings. The van der Waals surface area contributed by atoms with Crippen molar-refractivity contribution in [2.24, 2.45) is 0 Å². The predicted octanol–water partition coefficient (Wildman–Crippen LogP) is 1.75. The minimum absolute atomic E-state index is 0.611. The van der Waals surface area contributed by atoms with E-state index in [-0.39, 0.29) is 0 Å². The van der Waals surface area contributed by atoms with Crippen LogP contribution in [-0.2, 0) is 0 Å². The molecule has 0 aliphatic heterocycles. The topological polar surface area (TPSA) is 43.1 Å². The van der Waals surface area contributed by atoms with Crippen LogP contribution in [0.3, 0.4) is 0 Å². The summed E-state index contributed by atoms with van der Waals surface area (Å²) < 4.78 is 1.61. The second kappa shape index (κ2) is 4.23. The van der Waals surface area contributed by atoms with E-state index >= 15 is 0 Å². The number of fused-ring (bicyclic) bond motifs is 1. The molecule has 0 N–H and O–H groups in total. The highest BCUT2D eigenvalue weighted by Gasteiger charge is 1.98. The van der Waals surface area contributed by atoms with Crippen molar-refractivity contribution in [2.75, 3.05) is 0 Å². The zero-order valence-corrected chi connectivity index (χ0v) is 8.79. The number of hydrogen-bond donors (Lipinski definition) is 1. The summed E-state index contributed by atoms with van der Waals surface area (Å²) in [5.74, 6) is 1.33. The first kappa shape index (κ1) is 9.98. The van der Waals surface area contributed by atoms with Crippen LogP contribution in [-0.4, -0.2) is 19.6 Å². The van der Waals surface area contributed by atoms with Crippen LogP contribution in [0.2, 0.25) is 0 Å². The van der Waals surface area contributed by atoms with Crippen molar-refractivity contribution in [3.05, 3.63) is 18.2 Å². The first-order valence-electron chi connectivity index (χ1n) is 4.14. The van der Waals surface area contributed by atoms with Crippen molar-refractivity contribution >= 4 is 18.4 Å². The van der Waals surface area contributed by atoms with Gasteiger partial charge in [-0.15, -0.1) is 12.6 Å². The Hall–Kier alpha value is -1.10. The summed E-state index contributed by atoms with van der Waals surface area (Å²) in [5.41, 5.74) is 0. The maximum absolute atomic E-state index is 4.12. The molecule has 0 aliphatic carbocycles. The normalized spacial score (nSPS) is 9.54. The fourth-order valence-electron chi connectivity index (χ4n) is 0.876. The van der Waals surface area contributed by atoms with E-state index < -0.39 is 0 Å². The highest BCUT2D eigenvalue weighted by molar-refractivity contribution is 7.80. The van der Waals surface area contributed by atoms with Gasteiger partial charge in [0.2, 0.25) is 0 Å². The molecule has 2 aromatic heterocycles. The molecule has 0 fully saturated rings. The molecule has 70 valence electrons. The number of nitrogens with zero attached hydrogens (tertiary/aromatic N) is 4. The maximum atomic E-state index is 4.12. The smallest absolute Gasteiger partial charge is 0.218 e. The van der Waals surface area contributed by atoms with E-state index in [9.17, 15) is 0 Å². The summed E-state index contributed by atoms with van der Waals surface area (Å²) in [6.07, 6.45) is 3.41. The van der Waals surface area contributed by atoms with Gasteiger partial charge in [-0.25, -0.2) is 9.50 Å². The third-order valence-corrected chi connectivity index (χ3v) is 1.52. The number of rotatable bonds is 0. The van der Waals surface area contributed by atoms with Crippen molar-refractivity contribution in [3.63, 3.8) is 0 Å². The SMILES string of the molecule is CC.Cc1nc2ncc(S)cn2n1. The number of hydrogen-bond acceptors (Lipinski definition) is 4. The average molecular weight is 196 g/mol. The van der Waals surface area contributed by atoms with Crippen LogP contribution in [0.15, 0.2) is 17.3 Å². The van der Waals surface area contributed by atoms with Gasteiger partial charge in [-0.1, -0.05) is 13.8 Å². The minimum atomic E-state index is 0.611. The zero-order valence-electron chi connectivity index (χ0n) is 7.89. The molecular weight excluding hydrogens is 184 g/mol. The molecule has 5 heteroatoms. The molecule has 0 saturated carbocycles. The first-order valence-corrected chi connectivity index (χ1v) is 4.58. The molecule has 0 atom stereocenters. The van der Waals surface area contributed by atoms with Gasteiger partial charge in [0.15, 0.2) is 0 Å². The summed E-state index contributed by atoms with van der Waals surface area (Å²) in [7, 11) is 0. The van der Waals surface area contributed by atoms with Gasteiger partial charge in [0, 0.05) is 17.3 Å². The quantitative estimate of drug-likeness (QED) is 0.653. The van der Waals surface area contributed by atoms with Gasteiger partial charge < -0.3 is 0 Å². The van der Waals surface area contributed by atoms with Crippen molar-refractivity contribution in [2.45, 2.75) is 25.7 Å². The highest BCUT2D eigenvalue weighted by atomic mass is 32.1. The molecular formula is C8H12N4S. The second-order valence-corrected chi connectivity index (χ2v) is 2.73. The molecule has 0 radical (unpaired) electrons. The molecule has 2 rings (SSSR count). The molecule has 0 amide bonds. The number of aryl methyl sites for hydroxylation is 1. The predicted molar refractivity (Wildman–Crippen MR) is 54.1 cm³/mol. The Balaban J connectivity index is 0.000000396. The lowest BCUT2D eigenvalue weighted by molar-refractivity contribution is 0.895.